The van der Waals surface area contributed by atoms with E-state index in [4.69, 9.17) is 11.6 Å². The number of rotatable bonds is 4. The topological polar surface area (TPSA) is 81.3 Å². The smallest absolute Gasteiger partial charge is 0.262 e. The third-order valence-electron chi connectivity index (χ3n) is 4.71. The molecule has 0 fully saturated rings. The Morgan fingerprint density at radius 2 is 1.97 bits per heavy atom. The number of fused-ring (bicyclic) bond motifs is 3. The summed E-state index contributed by atoms with van der Waals surface area (Å²) in [4.78, 5) is 25.3. The minimum absolute atomic E-state index is 0.140. The summed E-state index contributed by atoms with van der Waals surface area (Å²) < 4.78 is 3.26. The van der Waals surface area contributed by atoms with Crippen molar-refractivity contribution in [3.63, 3.8) is 0 Å². The molecule has 0 aliphatic rings. The summed E-state index contributed by atoms with van der Waals surface area (Å²) in [7, 11) is 1.66. The summed E-state index contributed by atoms with van der Waals surface area (Å²) in [6, 6.07) is 12.6. The Kier molecular flexibility index (Phi) is 5.06. The molecule has 1 unspecified atom stereocenters. The van der Waals surface area contributed by atoms with Crippen LogP contribution in [-0.4, -0.2) is 30.3 Å². The molecule has 2 aromatic carbocycles. The first-order chi connectivity index (χ1) is 13.9. The van der Waals surface area contributed by atoms with Gasteiger partial charge in [-0.2, -0.15) is 0 Å². The second kappa shape index (κ2) is 7.53. The van der Waals surface area contributed by atoms with Crippen molar-refractivity contribution in [3.05, 3.63) is 63.4 Å². The zero-order valence-electron chi connectivity index (χ0n) is 16.0. The van der Waals surface area contributed by atoms with Crippen LogP contribution in [0.3, 0.4) is 0 Å². The molecule has 0 bridgehead atoms. The minimum atomic E-state index is -0.447. The molecule has 9 heteroatoms. The molecule has 4 rings (SSSR count). The first-order valence-corrected chi connectivity index (χ1v) is 10.2. The number of aromatic nitrogens is 4. The van der Waals surface area contributed by atoms with Crippen LogP contribution in [0, 0.1) is 6.92 Å². The predicted molar refractivity (Wildman–Crippen MR) is 116 cm³/mol. The Bertz CT molecular complexity index is 1310. The standard InChI is InChI=1S/C20H18ClN5O2S/c1-11-8-9-13(21)10-15(11)22-17(27)12(2)29-20-24-23-19-25(3)18(28)14-6-4-5-7-16(14)26(19)20/h4-10,12H,1-3H3,(H,22,27). The number of nitrogens with zero attached hydrogens (tertiary/aromatic N) is 4. The lowest BCUT2D eigenvalue weighted by atomic mass is 10.2. The van der Waals surface area contributed by atoms with Crippen molar-refractivity contribution in [2.75, 3.05) is 5.32 Å². The number of aryl methyl sites for hydroxylation is 2. The van der Waals surface area contributed by atoms with Gasteiger partial charge in [0.15, 0.2) is 5.16 Å². The quantitative estimate of drug-likeness (QED) is 0.502. The highest BCUT2D eigenvalue weighted by Gasteiger charge is 2.21. The number of carbonyl (C=O) groups is 1. The fraction of sp³-hybridized carbons (Fsp3) is 0.200. The Hall–Kier alpha value is -2.84. The van der Waals surface area contributed by atoms with Crippen molar-refractivity contribution in [1.29, 1.82) is 0 Å². The molecule has 29 heavy (non-hydrogen) atoms. The van der Waals surface area contributed by atoms with E-state index in [-0.39, 0.29) is 11.5 Å². The molecule has 7 nitrogen and oxygen atoms in total. The van der Waals surface area contributed by atoms with Gasteiger partial charge in [0.25, 0.3) is 5.56 Å². The average molecular weight is 428 g/mol. The van der Waals surface area contributed by atoms with Crippen LogP contribution in [0.4, 0.5) is 5.69 Å². The van der Waals surface area contributed by atoms with E-state index < -0.39 is 5.25 Å². The van der Waals surface area contributed by atoms with Crippen LogP contribution in [-0.2, 0) is 11.8 Å². The molecule has 148 valence electrons. The van der Waals surface area contributed by atoms with Crippen molar-refractivity contribution in [2.45, 2.75) is 24.3 Å². The predicted octanol–water partition coefficient (Wildman–Crippen LogP) is 3.66. The molecule has 1 amide bonds. The van der Waals surface area contributed by atoms with Crippen molar-refractivity contribution in [3.8, 4) is 0 Å². The minimum Gasteiger partial charge on any atom is -0.325 e. The lowest BCUT2D eigenvalue weighted by Gasteiger charge is -2.13. The first kappa shape index (κ1) is 19.5. The van der Waals surface area contributed by atoms with Crippen LogP contribution in [0.25, 0.3) is 16.7 Å². The summed E-state index contributed by atoms with van der Waals surface area (Å²) in [6.07, 6.45) is 0. The zero-order chi connectivity index (χ0) is 20.7. The van der Waals surface area contributed by atoms with E-state index >= 15 is 0 Å². The number of hydrogen-bond acceptors (Lipinski definition) is 5. The lowest BCUT2D eigenvalue weighted by Crippen LogP contribution is -2.23. The fourth-order valence-corrected chi connectivity index (χ4v) is 4.09. The van der Waals surface area contributed by atoms with Crippen LogP contribution in [0.2, 0.25) is 5.02 Å². The summed E-state index contributed by atoms with van der Waals surface area (Å²) in [6.45, 7) is 3.70. The maximum absolute atomic E-state index is 12.7. The highest BCUT2D eigenvalue weighted by molar-refractivity contribution is 8.00. The Morgan fingerprint density at radius 3 is 2.76 bits per heavy atom. The van der Waals surface area contributed by atoms with Gasteiger partial charge in [-0.1, -0.05) is 41.6 Å². The monoisotopic (exact) mass is 427 g/mol. The van der Waals surface area contributed by atoms with E-state index in [0.717, 1.165) is 5.56 Å². The molecule has 0 aliphatic carbocycles. The first-order valence-electron chi connectivity index (χ1n) is 8.93. The number of carbonyl (C=O) groups excluding carboxylic acids is 1. The van der Waals surface area contributed by atoms with E-state index in [0.29, 0.717) is 32.5 Å². The van der Waals surface area contributed by atoms with Gasteiger partial charge in [0, 0.05) is 17.8 Å². The third-order valence-corrected chi connectivity index (χ3v) is 5.98. The molecule has 1 atom stereocenters. The van der Waals surface area contributed by atoms with Gasteiger partial charge >= 0.3 is 0 Å². The van der Waals surface area contributed by atoms with Crippen molar-refractivity contribution < 1.29 is 4.79 Å². The van der Waals surface area contributed by atoms with Crippen molar-refractivity contribution in [1.82, 2.24) is 19.2 Å². The number of benzene rings is 2. The maximum atomic E-state index is 12.7. The second-order valence-electron chi connectivity index (χ2n) is 6.71. The molecule has 2 heterocycles. The highest BCUT2D eigenvalue weighted by Crippen LogP contribution is 2.27. The van der Waals surface area contributed by atoms with Gasteiger partial charge in [-0.05, 0) is 43.7 Å². The normalized spacial score (nSPS) is 12.4. The molecule has 0 saturated heterocycles. The van der Waals surface area contributed by atoms with Gasteiger partial charge in [-0.15, -0.1) is 10.2 Å². The van der Waals surface area contributed by atoms with Crippen molar-refractivity contribution in [2.24, 2.45) is 7.05 Å². The molecule has 4 aromatic rings. The van der Waals surface area contributed by atoms with Gasteiger partial charge in [0.05, 0.1) is 16.2 Å². The Labute approximate surface area is 175 Å². The van der Waals surface area contributed by atoms with Crippen LogP contribution in [0.5, 0.6) is 0 Å². The highest BCUT2D eigenvalue weighted by atomic mass is 35.5. The van der Waals surface area contributed by atoms with Gasteiger partial charge in [-0.25, -0.2) is 0 Å². The van der Waals surface area contributed by atoms with Crippen LogP contribution >= 0.6 is 23.4 Å². The third kappa shape index (κ3) is 3.49. The molecule has 0 spiro atoms. The number of hydrogen-bond donors (Lipinski definition) is 1. The van der Waals surface area contributed by atoms with E-state index in [1.807, 2.05) is 31.2 Å². The number of para-hydroxylation sites is 1. The molecule has 0 radical (unpaired) electrons. The van der Waals surface area contributed by atoms with E-state index in [2.05, 4.69) is 15.5 Å². The lowest BCUT2D eigenvalue weighted by molar-refractivity contribution is -0.115. The number of halogens is 1. The maximum Gasteiger partial charge on any atom is 0.262 e. The summed E-state index contributed by atoms with van der Waals surface area (Å²) in [5.41, 5.74) is 2.17. The average Bonchev–Trinajstić information content (AvgIpc) is 3.12. The number of amides is 1. The van der Waals surface area contributed by atoms with E-state index in [1.165, 1.54) is 16.3 Å². The largest absolute Gasteiger partial charge is 0.325 e. The summed E-state index contributed by atoms with van der Waals surface area (Å²) in [5.74, 6) is 0.251. The second-order valence-corrected chi connectivity index (χ2v) is 8.45. The van der Waals surface area contributed by atoms with Gasteiger partial charge in [-0.3, -0.25) is 18.6 Å². The van der Waals surface area contributed by atoms with Gasteiger partial charge in [0.2, 0.25) is 11.7 Å². The molecular weight excluding hydrogens is 410 g/mol. The number of nitrogens with one attached hydrogen (secondary N) is 1. The van der Waals surface area contributed by atoms with Crippen molar-refractivity contribution >= 4 is 51.6 Å². The zero-order valence-corrected chi connectivity index (χ0v) is 17.6. The summed E-state index contributed by atoms with van der Waals surface area (Å²) >= 11 is 7.31. The van der Waals surface area contributed by atoms with Crippen LogP contribution < -0.4 is 10.9 Å². The van der Waals surface area contributed by atoms with Gasteiger partial charge < -0.3 is 5.32 Å². The number of anilines is 1. The SMILES string of the molecule is Cc1ccc(Cl)cc1NC(=O)C(C)Sc1nnc2n(C)c(=O)c3ccccc3n12. The number of thioether (sulfide) groups is 1. The van der Waals surface area contributed by atoms with E-state index in [1.54, 1.807) is 36.6 Å². The Morgan fingerprint density at radius 1 is 1.21 bits per heavy atom. The van der Waals surface area contributed by atoms with Gasteiger partial charge in [0.1, 0.15) is 0 Å². The summed E-state index contributed by atoms with van der Waals surface area (Å²) in [5, 5.41) is 12.5. The fourth-order valence-electron chi connectivity index (χ4n) is 3.06. The van der Waals surface area contributed by atoms with E-state index in [9.17, 15) is 9.59 Å². The molecule has 0 aliphatic heterocycles. The van der Waals surface area contributed by atoms with Crippen LogP contribution in [0.1, 0.15) is 12.5 Å². The molecule has 2 aromatic heterocycles. The molecular formula is C20H18ClN5O2S. The molecule has 1 N–H and O–H groups in total. The van der Waals surface area contributed by atoms with Crippen LogP contribution in [0.15, 0.2) is 52.4 Å². The molecule has 0 saturated carbocycles. The Balaban J connectivity index is 1.68.